The quantitative estimate of drug-likeness (QED) is 0.353. The van der Waals surface area contributed by atoms with E-state index in [-0.39, 0.29) is 22.5 Å². The zero-order valence-electron chi connectivity index (χ0n) is 32.7. The molecule has 1 saturated carbocycles. The van der Waals surface area contributed by atoms with Crippen LogP contribution in [0.25, 0.3) is 0 Å². The van der Waals surface area contributed by atoms with Gasteiger partial charge in [0, 0.05) is 76.1 Å². The van der Waals surface area contributed by atoms with Crippen LogP contribution in [0.2, 0.25) is 5.02 Å². The Morgan fingerprint density at radius 2 is 1.81 bits per heavy atom. The molecule has 3 heterocycles. The molecule has 2 aromatic rings. The van der Waals surface area contributed by atoms with Crippen LogP contribution in [0.1, 0.15) is 73.9 Å². The van der Waals surface area contributed by atoms with Crippen molar-refractivity contribution in [2.45, 2.75) is 75.1 Å². The fraction of sp³-hybridized carbons (Fsp3) is 0.643. The Morgan fingerprint density at radius 1 is 1.06 bits per heavy atom. The summed E-state index contributed by atoms with van der Waals surface area (Å²) in [5, 5.41) is 0.516. The molecule has 5 aliphatic rings. The fourth-order valence-electron chi connectivity index (χ4n) is 9.06. The fourth-order valence-corrected chi connectivity index (χ4v) is 10.6. The van der Waals surface area contributed by atoms with E-state index >= 15 is 0 Å². The number of ether oxygens (including phenoxy) is 3. The summed E-state index contributed by atoms with van der Waals surface area (Å²) in [4.78, 5) is 20.8. The van der Waals surface area contributed by atoms with Crippen LogP contribution in [0.15, 0.2) is 48.6 Å². The van der Waals surface area contributed by atoms with Crippen molar-refractivity contribution in [3.05, 3.63) is 70.3 Å². The van der Waals surface area contributed by atoms with E-state index in [0.29, 0.717) is 37.0 Å². The molecule has 2 fully saturated rings. The average molecular weight is 769 g/mol. The van der Waals surface area contributed by atoms with Crippen molar-refractivity contribution in [3.8, 4) is 5.75 Å². The summed E-state index contributed by atoms with van der Waals surface area (Å²) in [5.41, 5.74) is 3.42. The van der Waals surface area contributed by atoms with Crippen LogP contribution in [0.4, 0.5) is 5.69 Å². The van der Waals surface area contributed by atoms with Crippen LogP contribution in [0, 0.1) is 17.8 Å². The first kappa shape index (κ1) is 40.2. The predicted octanol–water partition coefficient (Wildman–Crippen LogP) is 6.50. The van der Waals surface area contributed by atoms with Crippen LogP contribution >= 0.6 is 11.6 Å². The van der Waals surface area contributed by atoms with Crippen LogP contribution in [0.5, 0.6) is 5.75 Å². The number of methoxy groups -OCH3 is 2. The maximum absolute atomic E-state index is 13.6. The van der Waals surface area contributed by atoms with Crippen molar-refractivity contribution >= 4 is 34.2 Å². The summed E-state index contributed by atoms with van der Waals surface area (Å²) in [7, 11) is 6.22. The Kier molecular flexibility index (Phi) is 13.3. The molecule has 53 heavy (non-hydrogen) atoms. The minimum Gasteiger partial charge on any atom is -0.490 e. The number of carbonyl (C=O) groups is 1. The van der Waals surface area contributed by atoms with Gasteiger partial charge in [-0.05, 0) is 125 Å². The summed E-state index contributed by atoms with van der Waals surface area (Å²) in [5.74, 6) is 1.29. The molecule has 0 aromatic heterocycles. The SMILES string of the molecule is CN1CCN(C)CC1.COCCC1C(C)C/C=C/[C@](C)(OC)C2CCC2CN2C[C@@]3(CCCc4cc(Cl)ccc43)COc3ccc(cc32)C(=O)NS1=O. The topological polar surface area (TPSA) is 83.6 Å². The van der Waals surface area contributed by atoms with Crippen LogP contribution in [-0.4, -0.2) is 112 Å². The number of carbonyl (C=O) groups excluding carboxylic acids is 1. The Hall–Kier alpha value is -2.47. The first-order valence-corrected chi connectivity index (χ1v) is 21.2. The second kappa shape index (κ2) is 17.5. The number of anilines is 1. The minimum atomic E-state index is -1.59. The smallest absolute Gasteiger partial charge is 0.263 e. The van der Waals surface area contributed by atoms with E-state index in [2.05, 4.69) is 71.6 Å². The number of fused-ring (bicyclic) bond motifs is 4. The molecular weight excluding hydrogens is 708 g/mol. The summed E-state index contributed by atoms with van der Waals surface area (Å²) in [6, 6.07) is 12.0. The highest BCUT2D eigenvalue weighted by Crippen LogP contribution is 2.49. The van der Waals surface area contributed by atoms with Crippen LogP contribution in [0.3, 0.4) is 0 Å². The zero-order valence-corrected chi connectivity index (χ0v) is 34.3. The van der Waals surface area contributed by atoms with Crippen molar-refractivity contribution in [2.75, 3.05) is 85.7 Å². The molecule has 5 unspecified atom stereocenters. The van der Waals surface area contributed by atoms with Gasteiger partial charge in [-0.15, -0.1) is 0 Å². The maximum Gasteiger partial charge on any atom is 0.263 e. The summed E-state index contributed by atoms with van der Waals surface area (Å²) >= 11 is 6.45. The molecule has 2 aromatic carbocycles. The van der Waals surface area contributed by atoms with Gasteiger partial charge in [-0.2, -0.15) is 0 Å². The van der Waals surface area contributed by atoms with Gasteiger partial charge < -0.3 is 28.9 Å². The third-order valence-corrected chi connectivity index (χ3v) is 14.6. The molecule has 1 N–H and O–H groups in total. The van der Waals surface area contributed by atoms with E-state index in [0.717, 1.165) is 68.1 Å². The van der Waals surface area contributed by atoms with Gasteiger partial charge in [0.2, 0.25) is 0 Å². The maximum atomic E-state index is 13.6. The van der Waals surface area contributed by atoms with E-state index in [9.17, 15) is 9.00 Å². The number of hydrogen-bond acceptors (Lipinski definition) is 8. The van der Waals surface area contributed by atoms with Gasteiger partial charge in [0.1, 0.15) is 16.7 Å². The lowest BCUT2D eigenvalue weighted by Gasteiger charge is -2.49. The van der Waals surface area contributed by atoms with E-state index in [1.165, 1.54) is 37.3 Å². The van der Waals surface area contributed by atoms with Gasteiger partial charge in [0.15, 0.2) is 0 Å². The Balaban J connectivity index is 0.000000533. The molecule has 1 saturated heterocycles. The second-order valence-electron chi connectivity index (χ2n) is 16.4. The second-order valence-corrected chi connectivity index (χ2v) is 18.2. The first-order valence-electron chi connectivity index (χ1n) is 19.6. The van der Waals surface area contributed by atoms with Crippen LogP contribution < -0.4 is 14.4 Å². The molecule has 11 heteroatoms. The number of allylic oxidation sites excluding steroid dienone is 1. The van der Waals surface area contributed by atoms with Gasteiger partial charge in [-0.3, -0.25) is 9.52 Å². The van der Waals surface area contributed by atoms with E-state index < -0.39 is 16.6 Å². The zero-order chi connectivity index (χ0) is 37.8. The molecule has 3 aliphatic heterocycles. The number of benzene rings is 2. The van der Waals surface area contributed by atoms with Crippen molar-refractivity contribution in [1.29, 1.82) is 0 Å². The third kappa shape index (κ3) is 9.16. The normalized spacial score (nSPS) is 32.8. The molecule has 1 amide bonds. The molecule has 2 aliphatic carbocycles. The van der Waals surface area contributed by atoms with Crippen LogP contribution in [-0.2, 0) is 32.3 Å². The monoisotopic (exact) mass is 768 g/mol. The number of piperazine rings is 1. The summed E-state index contributed by atoms with van der Waals surface area (Å²) < 4.78 is 34.7. The Labute approximate surface area is 325 Å². The summed E-state index contributed by atoms with van der Waals surface area (Å²) in [6.07, 6.45) is 11.1. The van der Waals surface area contributed by atoms with E-state index in [1.807, 2.05) is 25.3 Å². The van der Waals surface area contributed by atoms with Crippen molar-refractivity contribution in [3.63, 3.8) is 0 Å². The lowest BCUT2D eigenvalue weighted by Crippen LogP contribution is -2.52. The third-order valence-electron chi connectivity index (χ3n) is 12.7. The molecule has 7 atom stereocenters. The number of rotatable bonds is 4. The molecular formula is C42H61ClN4O5S. The molecule has 1 spiro atoms. The Morgan fingerprint density at radius 3 is 2.49 bits per heavy atom. The number of aryl methyl sites for hydroxylation is 1. The number of nitrogens with one attached hydrogen (secondary N) is 1. The number of nitrogens with zero attached hydrogens (tertiary/aromatic N) is 3. The van der Waals surface area contributed by atoms with Gasteiger partial charge >= 0.3 is 0 Å². The molecule has 2 bridgehead atoms. The number of likely N-dealkylation sites (N-methyl/N-ethyl adjacent to an activating group) is 2. The number of halogens is 1. The minimum absolute atomic E-state index is 0.0733. The molecule has 0 radical (unpaired) electrons. The highest BCUT2D eigenvalue weighted by atomic mass is 35.5. The predicted molar refractivity (Wildman–Crippen MR) is 216 cm³/mol. The van der Waals surface area contributed by atoms with Gasteiger partial charge in [0.25, 0.3) is 5.91 Å². The first-order chi connectivity index (χ1) is 25.4. The van der Waals surface area contributed by atoms with Crippen molar-refractivity contribution in [2.24, 2.45) is 17.8 Å². The van der Waals surface area contributed by atoms with E-state index in [4.69, 9.17) is 25.8 Å². The van der Waals surface area contributed by atoms with Gasteiger partial charge in [0.05, 0.1) is 23.1 Å². The number of amides is 1. The van der Waals surface area contributed by atoms with Crippen molar-refractivity contribution < 1.29 is 23.2 Å². The Bertz CT molecular complexity index is 1620. The summed E-state index contributed by atoms with van der Waals surface area (Å²) in [6.45, 7) is 11.9. The molecule has 9 nitrogen and oxygen atoms in total. The van der Waals surface area contributed by atoms with Gasteiger partial charge in [-0.1, -0.05) is 36.7 Å². The molecule has 7 rings (SSSR count). The highest BCUT2D eigenvalue weighted by Gasteiger charge is 2.47. The lowest BCUT2D eigenvalue weighted by atomic mass is 9.64. The van der Waals surface area contributed by atoms with Gasteiger partial charge in [-0.25, -0.2) is 4.21 Å². The largest absolute Gasteiger partial charge is 0.490 e. The lowest BCUT2D eigenvalue weighted by molar-refractivity contribution is -0.0622. The van der Waals surface area contributed by atoms with E-state index in [1.54, 1.807) is 13.2 Å². The average Bonchev–Trinajstić information content (AvgIpc) is 3.28. The van der Waals surface area contributed by atoms with Crippen molar-refractivity contribution in [1.82, 2.24) is 14.5 Å². The highest BCUT2D eigenvalue weighted by molar-refractivity contribution is 7.84. The number of hydrogen-bond donors (Lipinski definition) is 1. The standard InChI is InChI=1S/C36H47ClN2O5S.C6H14N2/c1-24-7-5-16-35(2,43-4)29-12-9-27(29)21-39-22-36(17-6-8-25-19-28(37)11-13-30(25)36)23-44-32-14-10-26(20-31(32)39)34(40)38-45(41)33(24)15-18-42-3;1-7-3-5-8(2)6-4-7/h5,10-11,13-14,16,19-20,24,27,29,33H,6-9,12,15,17-18,21-23H2,1-4H3,(H,38,40);3-6H2,1-2H3/b16-5+;/t24?,27?,29?,33?,35-,36-,45?;/m0./s1. The molecule has 292 valence electrons.